The Bertz CT molecular complexity index is 1070. The Hall–Kier alpha value is -3.54. The molecule has 6 heteroatoms. The number of hydrogen-bond donors (Lipinski definition) is 1. The summed E-state index contributed by atoms with van der Waals surface area (Å²) in [5.74, 6) is -2.72. The van der Waals surface area contributed by atoms with Crippen LogP contribution in [0.25, 0.3) is 0 Å². The fourth-order valence-corrected chi connectivity index (χ4v) is 3.51. The highest BCUT2D eigenvalue weighted by atomic mass is 19.2. The third-order valence-corrected chi connectivity index (χ3v) is 4.99. The summed E-state index contributed by atoms with van der Waals surface area (Å²) in [5, 5.41) is 2.62. The van der Waals surface area contributed by atoms with Crippen LogP contribution in [0.5, 0.6) is 0 Å². The summed E-state index contributed by atoms with van der Waals surface area (Å²) < 4.78 is 26.7. The summed E-state index contributed by atoms with van der Waals surface area (Å²) >= 11 is 0. The average Bonchev–Trinajstić information content (AvgIpc) is 3.06. The highest BCUT2D eigenvalue weighted by Crippen LogP contribution is 2.26. The molecule has 3 aromatic carbocycles. The zero-order valence-corrected chi connectivity index (χ0v) is 15.4. The van der Waals surface area contributed by atoms with Crippen molar-refractivity contribution >= 4 is 17.5 Å². The fourth-order valence-electron chi connectivity index (χ4n) is 3.51. The van der Waals surface area contributed by atoms with Crippen molar-refractivity contribution in [3.05, 3.63) is 101 Å². The first kappa shape index (κ1) is 18.8. The molecule has 0 bridgehead atoms. The molecule has 4 rings (SSSR count). The van der Waals surface area contributed by atoms with Gasteiger partial charge in [0, 0.05) is 30.3 Å². The van der Waals surface area contributed by atoms with Crippen LogP contribution in [0, 0.1) is 11.6 Å². The number of carbonyl (C=O) groups is 2. The smallest absolute Gasteiger partial charge is 0.255 e. The molecule has 0 aromatic heterocycles. The van der Waals surface area contributed by atoms with E-state index in [-0.39, 0.29) is 11.6 Å². The van der Waals surface area contributed by atoms with Gasteiger partial charge < -0.3 is 10.2 Å². The van der Waals surface area contributed by atoms with E-state index in [1.807, 2.05) is 42.5 Å². The molecule has 1 atom stereocenters. The second kappa shape index (κ2) is 7.83. The number of nitrogens with zero attached hydrogens (tertiary/aromatic N) is 1. The fraction of sp³-hybridized carbons (Fsp3) is 0.130. The van der Waals surface area contributed by atoms with E-state index in [1.54, 1.807) is 12.1 Å². The number of amides is 2. The van der Waals surface area contributed by atoms with E-state index < -0.39 is 23.6 Å². The first-order chi connectivity index (χ1) is 14.0. The maximum atomic E-state index is 13.5. The summed E-state index contributed by atoms with van der Waals surface area (Å²) in [6, 6.07) is 19.0. The van der Waals surface area contributed by atoms with Crippen molar-refractivity contribution in [3.8, 4) is 0 Å². The molecule has 1 N–H and O–H groups in total. The van der Waals surface area contributed by atoms with E-state index >= 15 is 0 Å². The van der Waals surface area contributed by atoms with E-state index in [2.05, 4.69) is 5.32 Å². The number of anilines is 1. The molecular weight excluding hydrogens is 374 g/mol. The number of carbonyl (C=O) groups excluding carboxylic acids is 2. The van der Waals surface area contributed by atoms with Crippen LogP contribution in [0.3, 0.4) is 0 Å². The molecule has 0 saturated carbocycles. The van der Waals surface area contributed by atoms with Gasteiger partial charge in [0.15, 0.2) is 11.6 Å². The summed E-state index contributed by atoms with van der Waals surface area (Å²) in [6.45, 7) is 0.317. The second-order valence-corrected chi connectivity index (χ2v) is 6.91. The van der Waals surface area contributed by atoms with Gasteiger partial charge in [0.05, 0.1) is 0 Å². The zero-order valence-electron chi connectivity index (χ0n) is 15.4. The quantitative estimate of drug-likeness (QED) is 0.709. The largest absolute Gasteiger partial charge is 0.324 e. The van der Waals surface area contributed by atoms with Crippen molar-refractivity contribution in [3.63, 3.8) is 0 Å². The average molecular weight is 392 g/mol. The van der Waals surface area contributed by atoms with Crippen LogP contribution in [-0.4, -0.2) is 22.8 Å². The maximum absolute atomic E-state index is 13.5. The number of halogens is 2. The Morgan fingerprint density at radius 2 is 1.69 bits per heavy atom. The maximum Gasteiger partial charge on any atom is 0.255 e. The van der Waals surface area contributed by atoms with E-state index in [9.17, 15) is 18.4 Å². The number of nitrogens with one attached hydrogen (secondary N) is 1. The van der Waals surface area contributed by atoms with Crippen LogP contribution in [0.1, 0.15) is 21.5 Å². The third kappa shape index (κ3) is 3.87. The summed E-state index contributed by atoms with van der Waals surface area (Å²) in [7, 11) is 0. The van der Waals surface area contributed by atoms with Crippen molar-refractivity contribution in [2.24, 2.45) is 0 Å². The molecule has 0 unspecified atom stereocenters. The Morgan fingerprint density at radius 1 is 0.966 bits per heavy atom. The summed E-state index contributed by atoms with van der Waals surface area (Å²) in [5.41, 5.74) is 2.46. The van der Waals surface area contributed by atoms with Gasteiger partial charge in [0.25, 0.3) is 5.91 Å². The van der Waals surface area contributed by atoms with Gasteiger partial charge >= 0.3 is 0 Å². The SMILES string of the molecule is O=C(Nc1ccc(F)c(F)c1)[C@H](Cc1ccccc1)N1Cc2ccccc2C1=O. The molecule has 0 aliphatic carbocycles. The minimum absolute atomic E-state index is 0.135. The van der Waals surface area contributed by atoms with Gasteiger partial charge in [-0.15, -0.1) is 0 Å². The Morgan fingerprint density at radius 3 is 2.41 bits per heavy atom. The highest BCUT2D eigenvalue weighted by Gasteiger charge is 2.36. The minimum Gasteiger partial charge on any atom is -0.324 e. The molecule has 1 aliphatic heterocycles. The number of fused-ring (bicyclic) bond motifs is 1. The van der Waals surface area contributed by atoms with E-state index in [0.717, 1.165) is 23.3 Å². The molecule has 1 heterocycles. The highest BCUT2D eigenvalue weighted by molar-refractivity contribution is 6.03. The minimum atomic E-state index is -1.05. The lowest BCUT2D eigenvalue weighted by molar-refractivity contribution is -0.120. The van der Waals surface area contributed by atoms with Gasteiger partial charge in [0.2, 0.25) is 5.91 Å². The Kier molecular flexibility index (Phi) is 5.08. The molecular formula is C23H18F2N2O2. The molecule has 0 fully saturated rings. The Labute approximate surface area is 166 Å². The van der Waals surface area contributed by atoms with Crippen molar-refractivity contribution in [1.29, 1.82) is 0 Å². The van der Waals surface area contributed by atoms with Gasteiger partial charge in [0.1, 0.15) is 6.04 Å². The molecule has 146 valence electrons. The number of benzene rings is 3. The molecule has 0 radical (unpaired) electrons. The number of rotatable bonds is 5. The molecule has 4 nitrogen and oxygen atoms in total. The van der Waals surface area contributed by atoms with E-state index in [1.165, 1.54) is 11.0 Å². The topological polar surface area (TPSA) is 49.4 Å². The predicted molar refractivity (Wildman–Crippen MR) is 105 cm³/mol. The van der Waals surface area contributed by atoms with Crippen molar-refractivity contribution in [2.45, 2.75) is 19.0 Å². The van der Waals surface area contributed by atoms with Crippen LogP contribution >= 0.6 is 0 Å². The lowest BCUT2D eigenvalue weighted by Crippen LogP contribution is -2.45. The molecule has 1 aliphatic rings. The molecule has 0 spiro atoms. The first-order valence-electron chi connectivity index (χ1n) is 9.21. The monoisotopic (exact) mass is 392 g/mol. The van der Waals surface area contributed by atoms with Gasteiger partial charge in [-0.3, -0.25) is 9.59 Å². The normalized spacial score (nSPS) is 13.9. The standard InChI is InChI=1S/C23H18F2N2O2/c24-19-11-10-17(13-20(19)25)26-22(28)21(12-15-6-2-1-3-7-15)27-14-16-8-4-5-9-18(16)23(27)29/h1-11,13,21H,12,14H2,(H,26,28)/t21-/m0/s1. The molecule has 0 saturated heterocycles. The van der Waals surface area contributed by atoms with Crippen LogP contribution in [0.4, 0.5) is 14.5 Å². The first-order valence-corrected chi connectivity index (χ1v) is 9.21. The molecule has 29 heavy (non-hydrogen) atoms. The molecule has 3 aromatic rings. The third-order valence-electron chi connectivity index (χ3n) is 4.99. The summed E-state index contributed by atoms with van der Waals surface area (Å²) in [6.07, 6.45) is 0.302. The van der Waals surface area contributed by atoms with Gasteiger partial charge in [-0.1, -0.05) is 48.5 Å². The van der Waals surface area contributed by atoms with Crippen molar-refractivity contribution < 1.29 is 18.4 Å². The second-order valence-electron chi connectivity index (χ2n) is 6.91. The van der Waals surface area contributed by atoms with Crippen LogP contribution in [0.15, 0.2) is 72.8 Å². The zero-order chi connectivity index (χ0) is 20.4. The van der Waals surface area contributed by atoms with Crippen molar-refractivity contribution in [2.75, 3.05) is 5.32 Å². The van der Waals surface area contributed by atoms with E-state index in [0.29, 0.717) is 18.5 Å². The molecule has 2 amide bonds. The van der Waals surface area contributed by atoms with Gasteiger partial charge in [-0.05, 0) is 29.3 Å². The Balaban J connectivity index is 1.62. The van der Waals surface area contributed by atoms with Crippen LogP contribution in [0.2, 0.25) is 0 Å². The van der Waals surface area contributed by atoms with Crippen molar-refractivity contribution in [1.82, 2.24) is 4.90 Å². The predicted octanol–water partition coefficient (Wildman–Crippen LogP) is 4.17. The number of hydrogen-bond acceptors (Lipinski definition) is 2. The van der Waals surface area contributed by atoms with E-state index in [4.69, 9.17) is 0 Å². The van der Waals surface area contributed by atoms with Crippen LogP contribution in [-0.2, 0) is 17.8 Å². The van der Waals surface area contributed by atoms with Gasteiger partial charge in [-0.25, -0.2) is 8.78 Å². The van der Waals surface area contributed by atoms with Gasteiger partial charge in [-0.2, -0.15) is 0 Å². The summed E-state index contributed by atoms with van der Waals surface area (Å²) in [4.78, 5) is 27.5. The van der Waals surface area contributed by atoms with Crippen LogP contribution < -0.4 is 5.32 Å². The lowest BCUT2D eigenvalue weighted by atomic mass is 10.0. The lowest BCUT2D eigenvalue weighted by Gasteiger charge is -2.27.